The number of benzene rings is 1. The number of rotatable bonds is 3. The van der Waals surface area contributed by atoms with Gasteiger partial charge in [0.05, 0.1) is 17.8 Å². The lowest BCUT2D eigenvalue weighted by molar-refractivity contribution is 0.0735. The maximum absolute atomic E-state index is 13.3. The van der Waals surface area contributed by atoms with E-state index in [2.05, 4.69) is 56.0 Å². The molecule has 1 aliphatic rings. The third-order valence-electron chi connectivity index (χ3n) is 5.48. The Kier molecular flexibility index (Phi) is 4.46. The van der Waals surface area contributed by atoms with Crippen molar-refractivity contribution < 1.29 is 4.79 Å². The number of amides is 1. The average Bonchev–Trinajstić information content (AvgIpc) is 3.29. The number of pyridine rings is 1. The summed E-state index contributed by atoms with van der Waals surface area (Å²) in [4.78, 5) is 19.8. The normalized spacial score (nSPS) is 17.2. The van der Waals surface area contributed by atoms with Crippen LogP contribution < -0.4 is 0 Å². The van der Waals surface area contributed by atoms with Gasteiger partial charge in [-0.25, -0.2) is 9.67 Å². The molecule has 3 heterocycles. The number of hydrogen-bond donors (Lipinski definition) is 0. The molecule has 0 saturated carbocycles. The molecule has 140 valence electrons. The first-order valence-corrected chi connectivity index (χ1v) is 9.67. The molecule has 1 aliphatic heterocycles. The van der Waals surface area contributed by atoms with E-state index in [0.717, 1.165) is 30.4 Å². The molecule has 0 aliphatic carbocycles. The Labute approximate surface area is 160 Å². The molecular formula is C22H26N4O. The summed E-state index contributed by atoms with van der Waals surface area (Å²) < 4.78 is 1.89. The summed E-state index contributed by atoms with van der Waals surface area (Å²) in [6, 6.07) is 8.81. The molecule has 3 aromatic rings. The second-order valence-corrected chi connectivity index (χ2v) is 7.84. The highest BCUT2D eigenvalue weighted by atomic mass is 16.2. The fraction of sp³-hybridized carbons (Fsp3) is 0.409. The van der Waals surface area contributed by atoms with E-state index in [9.17, 15) is 4.79 Å². The van der Waals surface area contributed by atoms with Crippen LogP contribution in [-0.2, 0) is 0 Å². The van der Waals surface area contributed by atoms with Crippen LogP contribution in [0, 0.1) is 13.8 Å². The van der Waals surface area contributed by atoms with E-state index in [1.165, 1.54) is 16.7 Å². The van der Waals surface area contributed by atoms with Crippen LogP contribution in [0.15, 0.2) is 36.7 Å². The fourth-order valence-corrected chi connectivity index (χ4v) is 4.05. The van der Waals surface area contributed by atoms with Crippen molar-refractivity contribution in [2.45, 2.75) is 52.6 Å². The minimum Gasteiger partial charge on any atom is -0.332 e. The zero-order chi connectivity index (χ0) is 19.1. The first-order valence-electron chi connectivity index (χ1n) is 9.67. The van der Waals surface area contributed by atoms with E-state index in [0.29, 0.717) is 5.56 Å². The summed E-state index contributed by atoms with van der Waals surface area (Å²) in [6.45, 7) is 9.18. The lowest BCUT2D eigenvalue weighted by Crippen LogP contribution is -2.31. The van der Waals surface area contributed by atoms with E-state index < -0.39 is 0 Å². The number of fused-ring (bicyclic) bond motifs is 1. The number of carbonyl (C=O) groups is 1. The van der Waals surface area contributed by atoms with Crippen LogP contribution in [0.1, 0.15) is 65.8 Å². The smallest absolute Gasteiger partial charge is 0.255 e. The predicted octanol–water partition coefficient (Wildman–Crippen LogP) is 4.61. The van der Waals surface area contributed by atoms with Crippen LogP contribution >= 0.6 is 0 Å². The second kappa shape index (κ2) is 6.80. The summed E-state index contributed by atoms with van der Waals surface area (Å²) in [5.74, 6) is 0.0603. The largest absolute Gasteiger partial charge is 0.332 e. The Morgan fingerprint density at radius 1 is 1.19 bits per heavy atom. The van der Waals surface area contributed by atoms with Crippen LogP contribution in [0.5, 0.6) is 0 Å². The number of aromatic nitrogens is 3. The van der Waals surface area contributed by atoms with Crippen LogP contribution in [-0.4, -0.2) is 32.1 Å². The molecule has 5 nitrogen and oxygen atoms in total. The lowest BCUT2D eigenvalue weighted by Gasteiger charge is -2.26. The topological polar surface area (TPSA) is 51.0 Å². The molecule has 0 N–H and O–H groups in total. The molecule has 1 fully saturated rings. The molecule has 2 aromatic heterocycles. The highest BCUT2D eigenvalue weighted by Gasteiger charge is 2.31. The minimum absolute atomic E-state index is 0.0603. The van der Waals surface area contributed by atoms with Gasteiger partial charge in [-0.05, 0) is 57.7 Å². The summed E-state index contributed by atoms with van der Waals surface area (Å²) in [6.07, 6.45) is 5.54. The fourth-order valence-electron chi connectivity index (χ4n) is 4.05. The van der Waals surface area contributed by atoms with Crippen molar-refractivity contribution in [3.8, 4) is 0 Å². The van der Waals surface area contributed by atoms with Crippen molar-refractivity contribution in [2.24, 2.45) is 0 Å². The molecule has 0 spiro atoms. The van der Waals surface area contributed by atoms with E-state index >= 15 is 0 Å². The summed E-state index contributed by atoms with van der Waals surface area (Å²) in [7, 11) is 0. The van der Waals surface area contributed by atoms with Gasteiger partial charge >= 0.3 is 0 Å². The van der Waals surface area contributed by atoms with Gasteiger partial charge < -0.3 is 4.90 Å². The molecule has 1 saturated heterocycles. The first-order chi connectivity index (χ1) is 13.0. The van der Waals surface area contributed by atoms with Gasteiger partial charge in [-0.1, -0.05) is 23.8 Å². The van der Waals surface area contributed by atoms with Gasteiger partial charge in [0.15, 0.2) is 5.65 Å². The first kappa shape index (κ1) is 17.7. The Bertz CT molecular complexity index is 1000. The second-order valence-electron chi connectivity index (χ2n) is 7.84. The third kappa shape index (κ3) is 3.11. The summed E-state index contributed by atoms with van der Waals surface area (Å²) in [5.41, 5.74) is 5.22. The van der Waals surface area contributed by atoms with Crippen molar-refractivity contribution in [3.63, 3.8) is 0 Å². The molecule has 1 unspecified atom stereocenters. The lowest BCUT2D eigenvalue weighted by atomic mass is 9.97. The molecule has 1 amide bonds. The van der Waals surface area contributed by atoms with Crippen molar-refractivity contribution in [2.75, 3.05) is 6.54 Å². The molecule has 1 aromatic carbocycles. The van der Waals surface area contributed by atoms with Crippen molar-refractivity contribution >= 4 is 16.9 Å². The number of carbonyl (C=O) groups excluding carboxylic acids is 1. The quantitative estimate of drug-likeness (QED) is 0.684. The maximum Gasteiger partial charge on any atom is 0.255 e. The van der Waals surface area contributed by atoms with Gasteiger partial charge in [0, 0.05) is 24.2 Å². The van der Waals surface area contributed by atoms with E-state index in [1.807, 2.05) is 15.6 Å². The van der Waals surface area contributed by atoms with Gasteiger partial charge in [0.2, 0.25) is 0 Å². The van der Waals surface area contributed by atoms with E-state index in [1.54, 1.807) is 12.4 Å². The molecule has 1 atom stereocenters. The Morgan fingerprint density at radius 2 is 2.00 bits per heavy atom. The Hall–Kier alpha value is -2.69. The molecule has 4 rings (SSSR count). The van der Waals surface area contributed by atoms with Crippen molar-refractivity contribution in [1.82, 2.24) is 19.7 Å². The molecule has 0 radical (unpaired) electrons. The zero-order valence-electron chi connectivity index (χ0n) is 16.4. The van der Waals surface area contributed by atoms with Crippen LogP contribution in [0.2, 0.25) is 0 Å². The van der Waals surface area contributed by atoms with Crippen LogP contribution in [0.25, 0.3) is 11.0 Å². The highest BCUT2D eigenvalue weighted by molar-refractivity contribution is 5.97. The Morgan fingerprint density at radius 3 is 2.78 bits per heavy atom. The van der Waals surface area contributed by atoms with Gasteiger partial charge in [0.25, 0.3) is 5.91 Å². The predicted molar refractivity (Wildman–Crippen MR) is 107 cm³/mol. The third-order valence-corrected chi connectivity index (χ3v) is 5.48. The SMILES string of the molecule is Cc1ccc(C)c(C2CCCN2C(=O)c2cnc3c(cnn3C(C)C)c2)c1. The number of nitrogens with zero attached hydrogens (tertiary/aromatic N) is 4. The van der Waals surface area contributed by atoms with Crippen LogP contribution in [0.4, 0.5) is 0 Å². The van der Waals surface area contributed by atoms with Crippen molar-refractivity contribution in [1.29, 1.82) is 0 Å². The average molecular weight is 362 g/mol. The Balaban J connectivity index is 1.67. The molecule has 5 heteroatoms. The van der Waals surface area contributed by atoms with Gasteiger partial charge in [-0.15, -0.1) is 0 Å². The number of aryl methyl sites for hydroxylation is 2. The summed E-state index contributed by atoms with van der Waals surface area (Å²) in [5, 5.41) is 5.32. The molecule has 0 bridgehead atoms. The maximum atomic E-state index is 13.3. The van der Waals surface area contributed by atoms with Crippen LogP contribution in [0.3, 0.4) is 0 Å². The van der Waals surface area contributed by atoms with E-state index in [4.69, 9.17) is 0 Å². The summed E-state index contributed by atoms with van der Waals surface area (Å²) >= 11 is 0. The molecule has 27 heavy (non-hydrogen) atoms. The van der Waals surface area contributed by atoms with Gasteiger partial charge in [-0.3, -0.25) is 4.79 Å². The monoisotopic (exact) mass is 362 g/mol. The van der Waals surface area contributed by atoms with Crippen molar-refractivity contribution in [3.05, 3.63) is 58.9 Å². The molecular weight excluding hydrogens is 336 g/mol. The highest BCUT2D eigenvalue weighted by Crippen LogP contribution is 2.35. The number of likely N-dealkylation sites (tertiary alicyclic amines) is 1. The van der Waals surface area contributed by atoms with E-state index in [-0.39, 0.29) is 18.0 Å². The number of hydrogen-bond acceptors (Lipinski definition) is 3. The zero-order valence-corrected chi connectivity index (χ0v) is 16.4. The van der Waals surface area contributed by atoms with Gasteiger partial charge in [-0.2, -0.15) is 5.10 Å². The standard InChI is InChI=1S/C22H26N4O/c1-14(2)26-21-17(13-24-26)11-18(12-23-21)22(27)25-9-5-6-20(25)19-10-15(3)7-8-16(19)4/h7-8,10-14,20H,5-6,9H2,1-4H3. The minimum atomic E-state index is 0.0603. The van der Waals surface area contributed by atoms with Gasteiger partial charge in [0.1, 0.15) is 0 Å².